The van der Waals surface area contributed by atoms with E-state index in [0.29, 0.717) is 0 Å². The average Bonchev–Trinajstić information content (AvgIpc) is 1.31. The molecule has 5 heavy (non-hydrogen) atoms. The van der Waals surface area contributed by atoms with Gasteiger partial charge >= 0.3 is 0 Å². The van der Waals surface area contributed by atoms with Crippen molar-refractivity contribution in [1.82, 2.24) is 0 Å². The van der Waals surface area contributed by atoms with Gasteiger partial charge in [-0.1, -0.05) is 29.8 Å². The lowest BCUT2D eigenvalue weighted by Crippen LogP contribution is -1.82. The van der Waals surface area contributed by atoms with Gasteiger partial charge in [0.15, 0.2) is 0 Å². The molecular weight excluding hydrogens is 128 g/mol. The fourth-order valence-electron chi connectivity index (χ4n) is 0. The predicted octanol–water partition coefficient (Wildman–Crippen LogP) is 2.04. The number of halogens is 1. The average molecular weight is 139 g/mol. The van der Waals surface area contributed by atoms with Crippen LogP contribution >= 0.6 is 15.9 Å². The third-order valence-corrected chi connectivity index (χ3v) is 1.13. The summed E-state index contributed by atoms with van der Waals surface area (Å²) in [7, 11) is 0. The monoisotopic (exact) mass is 138 g/mol. The standard InChI is InChI=1S/C4H9Br/c1-4(2)3-5/h4H,3H2,1-2H3/i3D2. The Morgan fingerprint density at radius 3 is 2.20 bits per heavy atom. The molecule has 0 amide bonds. The Morgan fingerprint density at radius 2 is 2.20 bits per heavy atom. The molecule has 0 nitrogen and oxygen atoms in total. The van der Waals surface area contributed by atoms with Crippen LogP contribution in [0.4, 0.5) is 0 Å². The van der Waals surface area contributed by atoms with E-state index in [9.17, 15) is 0 Å². The fourth-order valence-corrected chi connectivity index (χ4v) is 0. The van der Waals surface area contributed by atoms with Crippen molar-refractivity contribution in [2.45, 2.75) is 13.8 Å². The minimum Gasteiger partial charge on any atom is -0.0925 e. The minimum atomic E-state index is -1.19. The third kappa shape index (κ3) is 4.48. The van der Waals surface area contributed by atoms with Gasteiger partial charge in [0.05, 0.1) is 0 Å². The molecule has 0 fully saturated rings. The van der Waals surface area contributed by atoms with E-state index in [1.807, 2.05) is 13.8 Å². The predicted molar refractivity (Wildman–Crippen MR) is 28.6 cm³/mol. The quantitative estimate of drug-likeness (QED) is 0.487. The Bertz CT molecular complexity index is 55.2. The van der Waals surface area contributed by atoms with Crippen molar-refractivity contribution >= 4 is 15.9 Å². The lowest BCUT2D eigenvalue weighted by atomic mass is 10.3. The first-order valence-electron chi connectivity index (χ1n) is 2.63. The fraction of sp³-hybridized carbons (Fsp3) is 1.00. The summed E-state index contributed by atoms with van der Waals surface area (Å²) in [6.45, 7) is 3.66. The highest BCUT2D eigenvalue weighted by Gasteiger charge is 1.81. The topological polar surface area (TPSA) is 0 Å². The van der Waals surface area contributed by atoms with Gasteiger partial charge in [0.2, 0.25) is 0 Å². The van der Waals surface area contributed by atoms with Gasteiger partial charge in [-0.25, -0.2) is 0 Å². The van der Waals surface area contributed by atoms with Crippen LogP contribution in [0, 0.1) is 5.92 Å². The van der Waals surface area contributed by atoms with E-state index in [0.717, 1.165) is 0 Å². The Morgan fingerprint density at radius 1 is 2.00 bits per heavy atom. The van der Waals surface area contributed by atoms with Crippen molar-refractivity contribution in [3.05, 3.63) is 0 Å². The second-order valence-corrected chi connectivity index (χ2v) is 1.72. The van der Waals surface area contributed by atoms with E-state index in [1.165, 1.54) is 0 Å². The van der Waals surface area contributed by atoms with Gasteiger partial charge in [-0.05, 0) is 5.92 Å². The van der Waals surface area contributed by atoms with E-state index in [2.05, 4.69) is 15.9 Å². The highest BCUT2D eigenvalue weighted by Crippen LogP contribution is 1.94. The van der Waals surface area contributed by atoms with Crippen LogP contribution < -0.4 is 0 Å². The SMILES string of the molecule is [2H]C([2H])(Br)C(C)C. The Balaban J connectivity index is 3.54. The van der Waals surface area contributed by atoms with Crippen molar-refractivity contribution in [1.29, 1.82) is 0 Å². The van der Waals surface area contributed by atoms with Gasteiger partial charge in [-0.15, -0.1) is 0 Å². The zero-order chi connectivity index (χ0) is 6.08. The summed E-state index contributed by atoms with van der Waals surface area (Å²) in [5.74, 6) is 0.0486. The molecule has 0 saturated carbocycles. The molecule has 0 aromatic rings. The number of alkyl halides is 1. The summed E-state index contributed by atoms with van der Waals surface area (Å²) < 4.78 is 13.9. The number of hydrogen-bond acceptors (Lipinski definition) is 0. The van der Waals surface area contributed by atoms with Crippen molar-refractivity contribution in [3.8, 4) is 0 Å². The van der Waals surface area contributed by atoms with Gasteiger partial charge in [0.25, 0.3) is 0 Å². The van der Waals surface area contributed by atoms with Crippen LogP contribution in [0.5, 0.6) is 0 Å². The molecule has 0 unspecified atom stereocenters. The molecule has 0 aromatic carbocycles. The van der Waals surface area contributed by atoms with Crippen molar-refractivity contribution in [2.24, 2.45) is 5.92 Å². The first-order valence-corrected chi connectivity index (χ1v) is 2.43. The Labute approximate surface area is 44.5 Å². The normalized spacial score (nSPS) is 18.4. The molecule has 32 valence electrons. The molecule has 0 bridgehead atoms. The van der Waals surface area contributed by atoms with Gasteiger partial charge in [-0.2, -0.15) is 0 Å². The third-order valence-electron chi connectivity index (χ3n) is 0.218. The smallest absolute Gasteiger partial charge is 0.0389 e. The van der Waals surface area contributed by atoms with Crippen LogP contribution in [-0.4, -0.2) is 5.28 Å². The van der Waals surface area contributed by atoms with Gasteiger partial charge in [0, 0.05) is 8.02 Å². The van der Waals surface area contributed by atoms with Gasteiger partial charge in [0.1, 0.15) is 0 Å². The maximum Gasteiger partial charge on any atom is 0.0389 e. The van der Waals surface area contributed by atoms with Crippen LogP contribution in [-0.2, 0) is 0 Å². The summed E-state index contributed by atoms with van der Waals surface area (Å²) >= 11 is 2.88. The molecule has 0 aliphatic carbocycles. The summed E-state index contributed by atoms with van der Waals surface area (Å²) in [6.07, 6.45) is 0. The number of hydrogen-bond donors (Lipinski definition) is 0. The van der Waals surface area contributed by atoms with Crippen LogP contribution in [0.15, 0.2) is 0 Å². The molecule has 0 N–H and O–H groups in total. The van der Waals surface area contributed by atoms with E-state index in [4.69, 9.17) is 2.74 Å². The minimum absolute atomic E-state index is 0.0486. The second kappa shape index (κ2) is 2.70. The van der Waals surface area contributed by atoms with Crippen LogP contribution in [0.1, 0.15) is 16.6 Å². The zero-order valence-corrected chi connectivity index (χ0v) is 5.04. The first kappa shape index (κ1) is 2.62. The van der Waals surface area contributed by atoms with Crippen LogP contribution in [0.2, 0.25) is 0 Å². The van der Waals surface area contributed by atoms with E-state index < -0.39 is 5.28 Å². The highest BCUT2D eigenvalue weighted by molar-refractivity contribution is 9.09. The van der Waals surface area contributed by atoms with E-state index >= 15 is 0 Å². The van der Waals surface area contributed by atoms with Crippen LogP contribution in [0.25, 0.3) is 0 Å². The maximum absolute atomic E-state index is 6.97. The lowest BCUT2D eigenvalue weighted by molar-refractivity contribution is 0.756. The van der Waals surface area contributed by atoms with Crippen LogP contribution in [0.3, 0.4) is 0 Å². The molecule has 0 aliphatic heterocycles. The zero-order valence-electron chi connectivity index (χ0n) is 5.46. The summed E-state index contributed by atoms with van der Waals surface area (Å²) in [4.78, 5) is 0. The Kier molecular flexibility index (Phi) is 1.42. The Hall–Kier alpha value is 0.480. The molecule has 0 spiro atoms. The van der Waals surface area contributed by atoms with Crippen molar-refractivity contribution in [2.75, 3.05) is 5.28 Å². The van der Waals surface area contributed by atoms with Crippen molar-refractivity contribution < 1.29 is 2.74 Å². The summed E-state index contributed by atoms with van der Waals surface area (Å²) in [5, 5.41) is -1.19. The molecular formula is C4H9Br. The maximum atomic E-state index is 6.97. The van der Waals surface area contributed by atoms with E-state index in [1.54, 1.807) is 0 Å². The molecule has 1 heteroatoms. The number of rotatable bonds is 1. The molecule has 0 atom stereocenters. The summed E-state index contributed by atoms with van der Waals surface area (Å²) in [5.41, 5.74) is 0. The summed E-state index contributed by atoms with van der Waals surface area (Å²) in [6, 6.07) is 0. The molecule has 0 aromatic heterocycles. The van der Waals surface area contributed by atoms with Gasteiger partial charge < -0.3 is 0 Å². The molecule has 0 radical (unpaired) electrons. The molecule has 0 aliphatic rings. The molecule has 0 heterocycles. The highest BCUT2D eigenvalue weighted by atomic mass is 79.9. The largest absolute Gasteiger partial charge is 0.0925 e. The van der Waals surface area contributed by atoms with Crippen molar-refractivity contribution in [3.63, 3.8) is 0 Å². The van der Waals surface area contributed by atoms with E-state index in [-0.39, 0.29) is 5.92 Å². The molecule has 0 rings (SSSR count). The van der Waals surface area contributed by atoms with Gasteiger partial charge in [-0.3, -0.25) is 0 Å². The first-order chi connectivity index (χ1) is 2.94. The lowest BCUT2D eigenvalue weighted by Gasteiger charge is -1.88. The second-order valence-electron chi connectivity index (χ2n) is 1.26. The molecule has 0 saturated heterocycles.